The van der Waals surface area contributed by atoms with Crippen molar-refractivity contribution in [2.45, 2.75) is 39.8 Å². The van der Waals surface area contributed by atoms with Gasteiger partial charge in [-0.05, 0) is 82.2 Å². The van der Waals surface area contributed by atoms with Gasteiger partial charge in [0.2, 0.25) is 0 Å². The molecule has 0 aliphatic carbocycles. The Morgan fingerprint density at radius 2 is 1.82 bits per heavy atom. The summed E-state index contributed by atoms with van der Waals surface area (Å²) in [5.41, 5.74) is 4.64. The van der Waals surface area contributed by atoms with Crippen LogP contribution in [0.15, 0.2) is 30.3 Å². The molecule has 0 bridgehead atoms. The van der Waals surface area contributed by atoms with Crippen LogP contribution in [-0.4, -0.2) is 55.2 Å². The molecule has 0 atom stereocenters. The molecule has 1 aromatic heterocycles. The number of hydrogen-bond donors (Lipinski definition) is 0. The quantitative estimate of drug-likeness (QED) is 0.658. The monoisotopic (exact) mass is 383 g/mol. The van der Waals surface area contributed by atoms with Gasteiger partial charge < -0.3 is 9.47 Å². The number of aromatic nitrogens is 1. The van der Waals surface area contributed by atoms with Gasteiger partial charge in [0, 0.05) is 25.3 Å². The van der Waals surface area contributed by atoms with Gasteiger partial charge in [-0.1, -0.05) is 6.07 Å². The number of ether oxygens (including phenoxy) is 2. The summed E-state index contributed by atoms with van der Waals surface area (Å²) < 4.78 is 11.6. The van der Waals surface area contributed by atoms with Crippen molar-refractivity contribution >= 4 is 0 Å². The molecule has 1 aliphatic rings. The number of methoxy groups -OCH3 is 1. The highest BCUT2D eigenvalue weighted by molar-refractivity contribution is 5.43. The molecule has 1 fully saturated rings. The van der Waals surface area contributed by atoms with Crippen LogP contribution < -0.4 is 9.47 Å². The molecule has 1 aromatic carbocycles. The van der Waals surface area contributed by atoms with Crippen LogP contribution in [0.4, 0.5) is 0 Å². The highest BCUT2D eigenvalue weighted by Gasteiger charge is 2.12. The van der Waals surface area contributed by atoms with Crippen LogP contribution in [0.2, 0.25) is 0 Å². The lowest BCUT2D eigenvalue weighted by molar-refractivity contribution is 0.230. The fraction of sp³-hybridized carbons (Fsp3) is 0.522. The third kappa shape index (κ3) is 5.94. The fourth-order valence-corrected chi connectivity index (χ4v) is 3.87. The molecule has 152 valence electrons. The second-order valence-electron chi connectivity index (χ2n) is 7.83. The van der Waals surface area contributed by atoms with Crippen molar-refractivity contribution in [3.8, 4) is 11.5 Å². The lowest BCUT2D eigenvalue weighted by Gasteiger charge is -2.19. The first kappa shape index (κ1) is 20.6. The molecule has 0 N–H and O–H groups in total. The third-order valence-electron chi connectivity index (χ3n) is 5.13. The molecule has 1 saturated heterocycles. The summed E-state index contributed by atoms with van der Waals surface area (Å²) in [4.78, 5) is 9.36. The number of hydrogen-bond acceptors (Lipinski definition) is 5. The number of rotatable bonds is 9. The minimum atomic E-state index is 0.702. The standard InChI is InChI=1S/C23H33N3O2/c1-18-13-19(2)24-21(14-18)17-25(3)16-20-7-8-22(23(15-20)27-4)28-12-11-26-9-5-6-10-26/h7-8,13-15H,5-6,9-12,16-17H2,1-4H3. The Kier molecular flexibility index (Phi) is 7.29. The van der Waals surface area contributed by atoms with E-state index in [1.807, 2.05) is 13.0 Å². The number of aryl methyl sites for hydroxylation is 2. The first-order valence-electron chi connectivity index (χ1n) is 10.2. The Labute approximate surface area is 169 Å². The van der Waals surface area contributed by atoms with E-state index in [1.54, 1.807) is 7.11 Å². The maximum Gasteiger partial charge on any atom is 0.161 e. The van der Waals surface area contributed by atoms with E-state index in [1.165, 1.54) is 37.1 Å². The van der Waals surface area contributed by atoms with Crippen molar-refractivity contribution in [1.29, 1.82) is 0 Å². The first-order chi connectivity index (χ1) is 13.5. The highest BCUT2D eigenvalue weighted by Crippen LogP contribution is 2.28. The largest absolute Gasteiger partial charge is 0.493 e. The molecule has 5 nitrogen and oxygen atoms in total. The van der Waals surface area contributed by atoms with Gasteiger partial charge in [-0.15, -0.1) is 0 Å². The Morgan fingerprint density at radius 1 is 1.04 bits per heavy atom. The molecule has 5 heteroatoms. The maximum atomic E-state index is 5.98. The molecular formula is C23H33N3O2. The number of benzene rings is 1. The molecule has 0 amide bonds. The molecular weight excluding hydrogens is 350 g/mol. The van der Waals surface area contributed by atoms with Gasteiger partial charge in [-0.25, -0.2) is 0 Å². The zero-order chi connectivity index (χ0) is 19.9. The Balaban J connectivity index is 1.56. The highest BCUT2D eigenvalue weighted by atomic mass is 16.5. The zero-order valence-corrected chi connectivity index (χ0v) is 17.7. The Bertz CT molecular complexity index is 752. The summed E-state index contributed by atoms with van der Waals surface area (Å²) in [6.07, 6.45) is 2.62. The second-order valence-corrected chi connectivity index (χ2v) is 7.83. The summed E-state index contributed by atoms with van der Waals surface area (Å²) in [7, 11) is 3.82. The van der Waals surface area contributed by atoms with Gasteiger partial charge in [-0.2, -0.15) is 0 Å². The molecule has 1 aliphatic heterocycles. The van der Waals surface area contributed by atoms with Crippen LogP contribution in [-0.2, 0) is 13.1 Å². The minimum absolute atomic E-state index is 0.702. The maximum absolute atomic E-state index is 5.98. The van der Waals surface area contributed by atoms with Crippen molar-refractivity contribution in [3.63, 3.8) is 0 Å². The summed E-state index contributed by atoms with van der Waals surface area (Å²) >= 11 is 0. The molecule has 0 spiro atoms. The van der Waals surface area contributed by atoms with Crippen LogP contribution in [0.25, 0.3) is 0 Å². The normalized spacial score (nSPS) is 14.6. The lowest BCUT2D eigenvalue weighted by atomic mass is 10.1. The molecule has 0 saturated carbocycles. The summed E-state index contributed by atoms with van der Waals surface area (Å²) in [6, 6.07) is 10.5. The van der Waals surface area contributed by atoms with E-state index < -0.39 is 0 Å². The molecule has 0 radical (unpaired) electrons. The van der Waals surface area contributed by atoms with Crippen LogP contribution in [0.5, 0.6) is 11.5 Å². The van der Waals surface area contributed by atoms with Crippen molar-refractivity contribution in [2.75, 3.05) is 40.4 Å². The molecule has 3 rings (SSSR count). The van der Waals surface area contributed by atoms with Crippen molar-refractivity contribution < 1.29 is 9.47 Å². The van der Waals surface area contributed by atoms with Crippen LogP contribution in [0.3, 0.4) is 0 Å². The van der Waals surface area contributed by atoms with Crippen LogP contribution >= 0.6 is 0 Å². The third-order valence-corrected chi connectivity index (χ3v) is 5.13. The smallest absolute Gasteiger partial charge is 0.161 e. The average molecular weight is 384 g/mol. The van der Waals surface area contributed by atoms with Crippen LogP contribution in [0, 0.1) is 13.8 Å². The number of pyridine rings is 1. The van der Waals surface area contributed by atoms with E-state index in [4.69, 9.17) is 9.47 Å². The van der Waals surface area contributed by atoms with Crippen molar-refractivity contribution in [1.82, 2.24) is 14.8 Å². The zero-order valence-electron chi connectivity index (χ0n) is 17.7. The Hall–Kier alpha value is -2.11. The minimum Gasteiger partial charge on any atom is -0.493 e. The molecule has 2 heterocycles. The summed E-state index contributed by atoms with van der Waals surface area (Å²) in [5.74, 6) is 1.63. The predicted octanol–water partition coefficient (Wildman–Crippen LogP) is 3.81. The average Bonchev–Trinajstić information content (AvgIpc) is 3.15. The van der Waals surface area contributed by atoms with Gasteiger partial charge in [0.25, 0.3) is 0 Å². The Morgan fingerprint density at radius 3 is 2.54 bits per heavy atom. The van der Waals surface area contributed by atoms with Gasteiger partial charge >= 0.3 is 0 Å². The topological polar surface area (TPSA) is 37.8 Å². The van der Waals surface area contributed by atoms with Gasteiger partial charge in [0.15, 0.2) is 11.5 Å². The van der Waals surface area contributed by atoms with Gasteiger partial charge in [-0.3, -0.25) is 14.8 Å². The lowest BCUT2D eigenvalue weighted by Crippen LogP contribution is -2.25. The molecule has 2 aromatic rings. The fourth-order valence-electron chi connectivity index (χ4n) is 3.87. The van der Waals surface area contributed by atoms with Crippen molar-refractivity contribution in [2.24, 2.45) is 0 Å². The van der Waals surface area contributed by atoms with E-state index in [9.17, 15) is 0 Å². The molecule has 0 unspecified atom stereocenters. The molecule has 28 heavy (non-hydrogen) atoms. The van der Waals surface area contributed by atoms with E-state index in [0.717, 1.165) is 42.5 Å². The van der Waals surface area contributed by atoms with Gasteiger partial charge in [0.1, 0.15) is 6.61 Å². The van der Waals surface area contributed by atoms with Crippen LogP contribution in [0.1, 0.15) is 35.4 Å². The van der Waals surface area contributed by atoms with Crippen molar-refractivity contribution in [3.05, 3.63) is 52.8 Å². The van der Waals surface area contributed by atoms with Gasteiger partial charge in [0.05, 0.1) is 12.8 Å². The van der Waals surface area contributed by atoms with E-state index >= 15 is 0 Å². The van der Waals surface area contributed by atoms with E-state index in [-0.39, 0.29) is 0 Å². The second kappa shape index (κ2) is 9.89. The predicted molar refractivity (Wildman–Crippen MR) is 113 cm³/mol. The van der Waals surface area contributed by atoms with E-state index in [0.29, 0.717) is 6.61 Å². The first-order valence-corrected chi connectivity index (χ1v) is 10.2. The number of nitrogens with zero attached hydrogens (tertiary/aromatic N) is 3. The van der Waals surface area contributed by atoms with E-state index in [2.05, 4.69) is 53.0 Å². The SMILES string of the molecule is COc1cc(CN(C)Cc2cc(C)cc(C)n2)ccc1OCCN1CCCC1. The number of likely N-dealkylation sites (tertiary alicyclic amines) is 1. The summed E-state index contributed by atoms with van der Waals surface area (Å²) in [6.45, 7) is 9.89. The summed E-state index contributed by atoms with van der Waals surface area (Å²) in [5, 5.41) is 0.